The van der Waals surface area contributed by atoms with Crippen LogP contribution in [0.1, 0.15) is 33.1 Å². The quantitative estimate of drug-likeness (QED) is 0.780. The van der Waals surface area contributed by atoms with Crippen LogP contribution in [0.3, 0.4) is 0 Å². The maximum atomic E-state index is 12.1. The molecule has 0 bridgehead atoms. The number of ether oxygens (including phenoxy) is 1. The summed E-state index contributed by atoms with van der Waals surface area (Å²) in [6.45, 7) is 4.99. The average molecular weight is 257 g/mol. The second-order valence-electron chi connectivity index (χ2n) is 5.22. The minimum Gasteiger partial charge on any atom is -0.481 e. The van der Waals surface area contributed by atoms with E-state index in [2.05, 4.69) is 0 Å². The predicted octanol–water partition coefficient (Wildman–Crippen LogP) is 1.37. The van der Waals surface area contributed by atoms with Gasteiger partial charge in [0.05, 0.1) is 18.6 Å². The van der Waals surface area contributed by atoms with Gasteiger partial charge in [0.1, 0.15) is 0 Å². The van der Waals surface area contributed by atoms with Crippen molar-refractivity contribution in [1.82, 2.24) is 4.90 Å². The number of carboxylic acid groups (broad SMARTS) is 1. The second-order valence-corrected chi connectivity index (χ2v) is 5.22. The zero-order chi connectivity index (χ0) is 13.7. The Morgan fingerprint density at radius 3 is 2.44 bits per heavy atom. The predicted molar refractivity (Wildman–Crippen MR) is 67.2 cm³/mol. The van der Waals surface area contributed by atoms with Crippen LogP contribution in [0, 0.1) is 11.8 Å². The number of nitrogens with zero attached hydrogens (tertiary/aromatic N) is 1. The Bertz CT molecular complexity index is 303. The largest absolute Gasteiger partial charge is 0.481 e. The van der Waals surface area contributed by atoms with Crippen LogP contribution in [-0.2, 0) is 14.3 Å². The van der Waals surface area contributed by atoms with Gasteiger partial charge in [0.15, 0.2) is 0 Å². The van der Waals surface area contributed by atoms with Gasteiger partial charge in [-0.25, -0.2) is 0 Å². The summed E-state index contributed by atoms with van der Waals surface area (Å²) in [6, 6.07) is 0. The molecule has 1 amide bonds. The standard InChI is InChI=1S/C13H23NO4/c1-9(2)18-7-6-14(3)12(15)10-4-5-11(8-10)13(16)17/h9-11H,4-8H2,1-3H3,(H,16,17)/t10-,11+/m1/s1. The molecule has 0 aromatic heterocycles. The Kier molecular flexibility index (Phi) is 5.59. The molecule has 0 aromatic carbocycles. The van der Waals surface area contributed by atoms with Crippen molar-refractivity contribution in [2.24, 2.45) is 11.8 Å². The molecule has 1 aliphatic rings. The Morgan fingerprint density at radius 1 is 1.33 bits per heavy atom. The highest BCUT2D eigenvalue weighted by Crippen LogP contribution is 2.32. The Hall–Kier alpha value is -1.10. The van der Waals surface area contributed by atoms with E-state index >= 15 is 0 Å². The van der Waals surface area contributed by atoms with Crippen molar-refractivity contribution < 1.29 is 19.4 Å². The summed E-state index contributed by atoms with van der Waals surface area (Å²) < 4.78 is 5.40. The molecule has 0 aromatic rings. The van der Waals surface area contributed by atoms with Crippen molar-refractivity contribution >= 4 is 11.9 Å². The van der Waals surface area contributed by atoms with Gasteiger partial charge < -0.3 is 14.7 Å². The van der Waals surface area contributed by atoms with Crippen LogP contribution in [0.15, 0.2) is 0 Å². The molecule has 5 nitrogen and oxygen atoms in total. The lowest BCUT2D eigenvalue weighted by atomic mass is 10.0. The third-order valence-corrected chi connectivity index (χ3v) is 3.39. The summed E-state index contributed by atoms with van der Waals surface area (Å²) in [4.78, 5) is 24.6. The molecule has 1 aliphatic carbocycles. The summed E-state index contributed by atoms with van der Waals surface area (Å²) in [5.74, 6) is -1.21. The molecule has 0 spiro atoms. The number of carbonyl (C=O) groups is 2. The van der Waals surface area contributed by atoms with Crippen molar-refractivity contribution in [2.75, 3.05) is 20.2 Å². The summed E-state index contributed by atoms with van der Waals surface area (Å²) in [7, 11) is 1.75. The topological polar surface area (TPSA) is 66.8 Å². The van der Waals surface area contributed by atoms with E-state index in [9.17, 15) is 9.59 Å². The summed E-state index contributed by atoms with van der Waals surface area (Å²) in [5, 5.41) is 8.91. The number of carboxylic acids is 1. The molecule has 0 unspecified atom stereocenters. The van der Waals surface area contributed by atoms with Gasteiger partial charge in [0.2, 0.25) is 5.91 Å². The maximum absolute atomic E-state index is 12.1. The highest BCUT2D eigenvalue weighted by Gasteiger charge is 2.34. The lowest BCUT2D eigenvalue weighted by Crippen LogP contribution is -2.35. The van der Waals surface area contributed by atoms with Gasteiger partial charge in [0, 0.05) is 19.5 Å². The number of aliphatic carboxylic acids is 1. The molecule has 0 radical (unpaired) electrons. The van der Waals surface area contributed by atoms with E-state index in [1.165, 1.54) is 0 Å². The monoisotopic (exact) mass is 257 g/mol. The Balaban J connectivity index is 2.33. The van der Waals surface area contributed by atoms with Crippen LogP contribution < -0.4 is 0 Å². The lowest BCUT2D eigenvalue weighted by molar-refractivity contribution is -0.141. The molecular formula is C13H23NO4. The lowest BCUT2D eigenvalue weighted by Gasteiger charge is -2.21. The highest BCUT2D eigenvalue weighted by molar-refractivity contribution is 5.80. The van der Waals surface area contributed by atoms with Gasteiger partial charge >= 0.3 is 5.97 Å². The fraction of sp³-hybridized carbons (Fsp3) is 0.846. The number of rotatable bonds is 6. The first-order valence-corrected chi connectivity index (χ1v) is 6.51. The van der Waals surface area contributed by atoms with Gasteiger partial charge in [-0.2, -0.15) is 0 Å². The van der Waals surface area contributed by atoms with E-state index in [0.29, 0.717) is 32.4 Å². The summed E-state index contributed by atoms with van der Waals surface area (Å²) in [6.07, 6.45) is 1.94. The van der Waals surface area contributed by atoms with Gasteiger partial charge in [-0.3, -0.25) is 9.59 Å². The summed E-state index contributed by atoms with van der Waals surface area (Å²) in [5.41, 5.74) is 0. The molecule has 1 fully saturated rings. The first kappa shape index (κ1) is 15.0. The molecule has 1 N–H and O–H groups in total. The van der Waals surface area contributed by atoms with E-state index in [1.54, 1.807) is 11.9 Å². The maximum Gasteiger partial charge on any atom is 0.306 e. The number of carbonyl (C=O) groups excluding carboxylic acids is 1. The molecule has 0 heterocycles. The molecule has 5 heteroatoms. The van der Waals surface area contributed by atoms with Gasteiger partial charge in [-0.1, -0.05) is 0 Å². The third-order valence-electron chi connectivity index (χ3n) is 3.39. The third kappa shape index (κ3) is 4.29. The normalized spacial score (nSPS) is 23.3. The fourth-order valence-electron chi connectivity index (χ4n) is 2.28. The number of hydrogen-bond donors (Lipinski definition) is 1. The molecule has 104 valence electrons. The van der Waals surface area contributed by atoms with Crippen LogP contribution in [0.2, 0.25) is 0 Å². The minimum absolute atomic E-state index is 0.0473. The average Bonchev–Trinajstić information content (AvgIpc) is 2.76. The van der Waals surface area contributed by atoms with E-state index in [0.717, 1.165) is 0 Å². The molecule has 2 atom stereocenters. The van der Waals surface area contributed by atoms with Gasteiger partial charge in [-0.15, -0.1) is 0 Å². The molecule has 0 aliphatic heterocycles. The smallest absolute Gasteiger partial charge is 0.306 e. The van der Waals surface area contributed by atoms with Crippen molar-refractivity contribution in [3.8, 4) is 0 Å². The van der Waals surface area contributed by atoms with Crippen LogP contribution >= 0.6 is 0 Å². The molecule has 0 saturated heterocycles. The Morgan fingerprint density at radius 2 is 1.94 bits per heavy atom. The van der Waals surface area contributed by atoms with Crippen molar-refractivity contribution in [3.63, 3.8) is 0 Å². The van der Waals surface area contributed by atoms with Crippen molar-refractivity contribution in [2.45, 2.75) is 39.2 Å². The van der Waals surface area contributed by atoms with Gasteiger partial charge in [-0.05, 0) is 33.1 Å². The number of likely N-dealkylation sites (N-methyl/N-ethyl adjacent to an activating group) is 1. The van der Waals surface area contributed by atoms with E-state index < -0.39 is 5.97 Å². The Labute approximate surface area is 108 Å². The zero-order valence-electron chi connectivity index (χ0n) is 11.4. The van der Waals surface area contributed by atoms with Crippen LogP contribution in [0.5, 0.6) is 0 Å². The SMILES string of the molecule is CC(C)OCCN(C)C(=O)[C@@H]1CC[C@H](C(=O)O)C1. The molecule has 18 heavy (non-hydrogen) atoms. The van der Waals surface area contributed by atoms with E-state index in [1.807, 2.05) is 13.8 Å². The minimum atomic E-state index is -0.781. The van der Waals surface area contributed by atoms with Crippen molar-refractivity contribution in [1.29, 1.82) is 0 Å². The van der Waals surface area contributed by atoms with Crippen LogP contribution in [0.4, 0.5) is 0 Å². The summed E-state index contributed by atoms with van der Waals surface area (Å²) >= 11 is 0. The van der Waals surface area contributed by atoms with E-state index in [-0.39, 0.29) is 23.8 Å². The van der Waals surface area contributed by atoms with E-state index in [4.69, 9.17) is 9.84 Å². The van der Waals surface area contributed by atoms with Crippen LogP contribution in [-0.4, -0.2) is 48.2 Å². The zero-order valence-corrected chi connectivity index (χ0v) is 11.4. The fourth-order valence-corrected chi connectivity index (χ4v) is 2.28. The van der Waals surface area contributed by atoms with Crippen molar-refractivity contribution in [3.05, 3.63) is 0 Å². The van der Waals surface area contributed by atoms with Crippen LogP contribution in [0.25, 0.3) is 0 Å². The first-order chi connectivity index (χ1) is 8.41. The molecule has 1 rings (SSSR count). The first-order valence-electron chi connectivity index (χ1n) is 6.51. The number of amides is 1. The second kappa shape index (κ2) is 6.73. The molecular weight excluding hydrogens is 234 g/mol. The highest BCUT2D eigenvalue weighted by atomic mass is 16.5. The van der Waals surface area contributed by atoms with Gasteiger partial charge in [0.25, 0.3) is 0 Å². The number of hydrogen-bond acceptors (Lipinski definition) is 3. The molecule has 1 saturated carbocycles.